The Morgan fingerprint density at radius 2 is 1.81 bits per heavy atom. The lowest BCUT2D eigenvalue weighted by Gasteiger charge is -2.35. The molecule has 9 nitrogen and oxygen atoms in total. The normalized spacial score (nSPS) is 19.6. The van der Waals surface area contributed by atoms with Gasteiger partial charge in [-0.15, -0.1) is 0 Å². The average molecular weight is 532 g/mol. The number of nitrogens with one attached hydrogen (secondary N) is 1. The quantitative estimate of drug-likeness (QED) is 0.276. The van der Waals surface area contributed by atoms with E-state index < -0.39 is 6.09 Å². The van der Waals surface area contributed by atoms with Crippen LogP contribution in [0.2, 0.25) is 5.02 Å². The van der Waals surface area contributed by atoms with E-state index in [0.717, 1.165) is 81.5 Å². The third kappa shape index (κ3) is 7.80. The van der Waals surface area contributed by atoms with Crippen LogP contribution in [0, 0.1) is 5.92 Å². The Morgan fingerprint density at radius 3 is 2.49 bits per heavy atom. The molecule has 0 aromatic carbocycles. The Bertz CT molecular complexity index is 1020. The molecule has 2 aliphatic carbocycles. The molecule has 4 rings (SSSR count). The van der Waals surface area contributed by atoms with Gasteiger partial charge in [-0.05, 0) is 70.3 Å². The maximum absolute atomic E-state index is 11.9. The minimum atomic E-state index is -0.802. The maximum atomic E-state index is 11.9. The largest absolute Gasteiger partial charge is 0.465 e. The van der Waals surface area contributed by atoms with Crippen LogP contribution in [0.15, 0.2) is 12.4 Å². The Morgan fingerprint density at radius 1 is 1.11 bits per heavy atom. The molecule has 0 spiro atoms. The number of hydrogen-bond donors (Lipinski definition) is 3. The summed E-state index contributed by atoms with van der Waals surface area (Å²) in [6.07, 6.45) is 16.3. The highest BCUT2D eigenvalue weighted by atomic mass is 35.5. The highest BCUT2D eigenvalue weighted by Crippen LogP contribution is 2.37. The summed E-state index contributed by atoms with van der Waals surface area (Å²) < 4.78 is 1.93. The van der Waals surface area contributed by atoms with Crippen molar-refractivity contribution in [2.24, 2.45) is 18.7 Å². The molecular formula is C27H42ClN7O2. The number of unbranched alkanes of at least 4 members (excludes halogenated alkanes) is 5. The molecule has 10 heteroatoms. The van der Waals surface area contributed by atoms with Crippen LogP contribution in [-0.2, 0) is 13.5 Å². The number of aryl methyl sites for hydroxylation is 1. The van der Waals surface area contributed by atoms with E-state index in [9.17, 15) is 9.90 Å². The number of carbonyl (C=O) groups is 1. The second kappa shape index (κ2) is 13.4. The lowest BCUT2D eigenvalue weighted by Crippen LogP contribution is -2.44. The van der Waals surface area contributed by atoms with Crippen LogP contribution in [0.25, 0.3) is 11.3 Å². The minimum Gasteiger partial charge on any atom is -0.465 e. The first-order chi connectivity index (χ1) is 18.0. The zero-order chi connectivity index (χ0) is 26.2. The van der Waals surface area contributed by atoms with Gasteiger partial charge in [0, 0.05) is 36.9 Å². The Hall–Kier alpha value is -2.39. The maximum Gasteiger partial charge on any atom is 0.407 e. The molecule has 4 N–H and O–H groups in total. The lowest BCUT2D eigenvalue weighted by molar-refractivity contribution is 0.108. The van der Waals surface area contributed by atoms with E-state index in [1.807, 2.05) is 17.9 Å². The molecule has 0 saturated heterocycles. The number of carboxylic acid groups (broad SMARTS) is 1. The summed E-state index contributed by atoms with van der Waals surface area (Å²) in [7, 11) is 1.97. The van der Waals surface area contributed by atoms with Crippen molar-refractivity contribution in [3.05, 3.63) is 23.1 Å². The first-order valence-electron chi connectivity index (χ1n) is 14.0. The Labute approximate surface area is 225 Å². The highest BCUT2D eigenvalue weighted by Gasteiger charge is 2.29. The molecule has 0 radical (unpaired) electrons. The molecule has 2 aliphatic rings. The summed E-state index contributed by atoms with van der Waals surface area (Å²) in [6.45, 7) is 1.37. The Balaban J connectivity index is 1.29. The standard InChI is InChI=1S/C27H42ClN7O2/c1-34-24(16-19-8-9-19)22(17-31-34)25-23(28)18-30-26(33-25)32-20-10-12-21(13-11-20)35(27(36)37)15-7-5-3-2-4-6-14-29/h17-21H,2-16,29H2,1H3,(H,36,37)(H,30,32,33). The van der Waals surface area contributed by atoms with Crippen molar-refractivity contribution in [3.63, 3.8) is 0 Å². The second-order valence-corrected chi connectivity index (χ2v) is 11.1. The molecule has 2 aromatic rings. The van der Waals surface area contributed by atoms with E-state index in [2.05, 4.69) is 15.4 Å². The number of nitrogens with two attached hydrogens (primary N) is 1. The smallest absolute Gasteiger partial charge is 0.407 e. The van der Waals surface area contributed by atoms with Crippen molar-refractivity contribution >= 4 is 23.6 Å². The van der Waals surface area contributed by atoms with Gasteiger partial charge in [-0.3, -0.25) is 4.68 Å². The zero-order valence-electron chi connectivity index (χ0n) is 22.0. The van der Waals surface area contributed by atoms with Crippen molar-refractivity contribution in [1.82, 2.24) is 24.6 Å². The summed E-state index contributed by atoms with van der Waals surface area (Å²) in [6, 6.07) is 0.290. The van der Waals surface area contributed by atoms with Gasteiger partial charge >= 0.3 is 6.09 Å². The molecule has 204 valence electrons. The minimum absolute atomic E-state index is 0.0786. The SMILES string of the molecule is Cn1ncc(-c2nc(NC3CCC(N(CCCCCCCCN)C(=O)O)CC3)ncc2Cl)c1CC1CC1. The van der Waals surface area contributed by atoms with Crippen LogP contribution in [0.3, 0.4) is 0 Å². The van der Waals surface area contributed by atoms with E-state index in [-0.39, 0.29) is 12.1 Å². The fourth-order valence-corrected chi connectivity index (χ4v) is 5.60. The van der Waals surface area contributed by atoms with Crippen LogP contribution in [0.4, 0.5) is 10.7 Å². The number of rotatable bonds is 14. The van der Waals surface area contributed by atoms with Gasteiger partial charge < -0.3 is 21.1 Å². The van der Waals surface area contributed by atoms with Crippen LogP contribution in [0.1, 0.15) is 82.7 Å². The average Bonchev–Trinajstić information content (AvgIpc) is 3.64. The molecule has 0 unspecified atom stereocenters. The molecule has 2 saturated carbocycles. The molecule has 2 aromatic heterocycles. The van der Waals surface area contributed by atoms with E-state index in [4.69, 9.17) is 22.3 Å². The first kappa shape index (κ1) is 27.6. The van der Waals surface area contributed by atoms with Gasteiger partial charge in [-0.2, -0.15) is 5.10 Å². The summed E-state index contributed by atoms with van der Waals surface area (Å²) >= 11 is 6.52. The second-order valence-electron chi connectivity index (χ2n) is 10.7. The van der Waals surface area contributed by atoms with Crippen LogP contribution in [0.5, 0.6) is 0 Å². The first-order valence-corrected chi connectivity index (χ1v) is 14.3. The summed E-state index contributed by atoms with van der Waals surface area (Å²) in [4.78, 5) is 22.8. The van der Waals surface area contributed by atoms with Crippen molar-refractivity contribution in [3.8, 4) is 11.3 Å². The third-order valence-electron chi connectivity index (χ3n) is 7.81. The van der Waals surface area contributed by atoms with Gasteiger partial charge in [0.2, 0.25) is 5.95 Å². The molecule has 2 fully saturated rings. The number of halogens is 1. The molecule has 0 atom stereocenters. The van der Waals surface area contributed by atoms with Crippen LogP contribution >= 0.6 is 11.6 Å². The molecule has 37 heavy (non-hydrogen) atoms. The number of anilines is 1. The van der Waals surface area contributed by atoms with Crippen LogP contribution in [-0.4, -0.2) is 61.0 Å². The number of amides is 1. The predicted octanol–water partition coefficient (Wildman–Crippen LogP) is 5.49. The Kier molecular flexibility index (Phi) is 10.0. The monoisotopic (exact) mass is 531 g/mol. The summed E-state index contributed by atoms with van der Waals surface area (Å²) in [5, 5.41) is 18.3. The third-order valence-corrected chi connectivity index (χ3v) is 8.09. The van der Waals surface area contributed by atoms with E-state index in [0.29, 0.717) is 17.5 Å². The number of aromatic nitrogens is 4. The van der Waals surface area contributed by atoms with Crippen molar-refractivity contribution in [2.75, 3.05) is 18.4 Å². The van der Waals surface area contributed by atoms with Crippen molar-refractivity contribution in [2.45, 2.75) is 95.6 Å². The van der Waals surface area contributed by atoms with E-state index in [1.54, 1.807) is 11.1 Å². The molecular weight excluding hydrogens is 490 g/mol. The summed E-state index contributed by atoms with van der Waals surface area (Å²) in [5.41, 5.74) is 8.41. The molecule has 2 heterocycles. The zero-order valence-corrected chi connectivity index (χ0v) is 22.8. The predicted molar refractivity (Wildman–Crippen MR) is 147 cm³/mol. The van der Waals surface area contributed by atoms with E-state index in [1.165, 1.54) is 31.4 Å². The lowest BCUT2D eigenvalue weighted by atomic mass is 9.90. The fraction of sp³-hybridized carbons (Fsp3) is 0.704. The molecule has 0 bridgehead atoms. The highest BCUT2D eigenvalue weighted by molar-refractivity contribution is 6.32. The number of hydrogen-bond acceptors (Lipinski definition) is 6. The van der Waals surface area contributed by atoms with Gasteiger partial charge in [-0.25, -0.2) is 14.8 Å². The molecule has 0 aliphatic heterocycles. The van der Waals surface area contributed by atoms with Crippen molar-refractivity contribution in [1.29, 1.82) is 0 Å². The van der Waals surface area contributed by atoms with Gasteiger partial charge in [0.1, 0.15) is 0 Å². The van der Waals surface area contributed by atoms with Crippen LogP contribution < -0.4 is 11.1 Å². The summed E-state index contributed by atoms with van der Waals surface area (Å²) in [5.74, 6) is 1.29. The van der Waals surface area contributed by atoms with Gasteiger partial charge in [-0.1, -0.05) is 37.3 Å². The molecule has 1 amide bonds. The fourth-order valence-electron chi connectivity index (χ4n) is 5.41. The van der Waals surface area contributed by atoms with Crippen molar-refractivity contribution < 1.29 is 9.90 Å². The van der Waals surface area contributed by atoms with E-state index >= 15 is 0 Å². The topological polar surface area (TPSA) is 122 Å². The number of nitrogens with zero attached hydrogens (tertiary/aromatic N) is 5. The van der Waals surface area contributed by atoms with Gasteiger partial charge in [0.25, 0.3) is 0 Å². The van der Waals surface area contributed by atoms with Gasteiger partial charge in [0.05, 0.1) is 23.1 Å². The van der Waals surface area contributed by atoms with Gasteiger partial charge in [0.15, 0.2) is 0 Å².